The summed E-state index contributed by atoms with van der Waals surface area (Å²) in [5, 5.41) is 11.9. The number of carbonyl (C=O) groups excluding carboxylic acids is 1. The van der Waals surface area contributed by atoms with Crippen LogP contribution in [0.1, 0.15) is 11.8 Å². The predicted octanol–water partition coefficient (Wildman–Crippen LogP) is 3.09. The lowest BCUT2D eigenvalue weighted by atomic mass is 10.2. The van der Waals surface area contributed by atoms with Crippen molar-refractivity contribution in [2.24, 2.45) is 4.99 Å². The molecule has 2 aliphatic rings. The summed E-state index contributed by atoms with van der Waals surface area (Å²) in [6.45, 7) is 1.93. The quantitative estimate of drug-likeness (QED) is 0.629. The maximum Gasteiger partial charge on any atom is 0.241 e. The minimum Gasteiger partial charge on any atom is -0.376 e. The third-order valence-corrected chi connectivity index (χ3v) is 6.14. The number of hydroxylamine groups is 2. The Morgan fingerprint density at radius 2 is 1.91 bits per heavy atom. The number of aliphatic hydroxyl groups is 1. The average molecular weight is 459 g/mol. The van der Waals surface area contributed by atoms with Crippen molar-refractivity contribution in [2.45, 2.75) is 6.23 Å². The highest BCUT2D eigenvalue weighted by Gasteiger charge is 2.24. The van der Waals surface area contributed by atoms with Gasteiger partial charge in [0.15, 0.2) is 12.0 Å². The molecule has 3 heterocycles. The van der Waals surface area contributed by atoms with E-state index in [4.69, 9.17) is 4.84 Å². The lowest BCUT2D eigenvalue weighted by Crippen LogP contribution is -2.48. The van der Waals surface area contributed by atoms with Crippen LogP contribution in [-0.2, 0) is 4.79 Å². The summed E-state index contributed by atoms with van der Waals surface area (Å²) in [7, 11) is 3.84. The maximum atomic E-state index is 12.1. The lowest BCUT2D eigenvalue weighted by molar-refractivity contribution is -0.129. The normalized spacial score (nSPS) is 17.6. The summed E-state index contributed by atoms with van der Waals surface area (Å²) in [5.41, 5.74) is 4.27. The number of carbonyl (C=O) groups is 1. The van der Waals surface area contributed by atoms with Gasteiger partial charge in [0.2, 0.25) is 5.91 Å². The molecule has 34 heavy (non-hydrogen) atoms. The van der Waals surface area contributed by atoms with Crippen molar-refractivity contribution in [3.05, 3.63) is 72.6 Å². The number of likely N-dealkylation sites (N-methyl/N-ethyl adjacent to an activating group) is 1. The van der Waals surface area contributed by atoms with E-state index in [1.807, 2.05) is 56.6 Å². The van der Waals surface area contributed by atoms with Gasteiger partial charge in [0.05, 0.1) is 18.4 Å². The zero-order valence-corrected chi connectivity index (χ0v) is 19.1. The molecule has 1 unspecified atom stereocenters. The fraction of sp³-hybridized carbons (Fsp3) is 0.240. The van der Waals surface area contributed by atoms with Crippen molar-refractivity contribution >= 4 is 35.0 Å². The Labute approximate surface area is 198 Å². The van der Waals surface area contributed by atoms with Gasteiger partial charge in [0.25, 0.3) is 0 Å². The molecule has 3 aromatic rings. The van der Waals surface area contributed by atoms with E-state index in [0.29, 0.717) is 23.5 Å². The number of piperazine rings is 1. The third-order valence-electron chi connectivity index (χ3n) is 6.14. The molecule has 0 bridgehead atoms. The first-order chi connectivity index (χ1) is 16.5. The minimum absolute atomic E-state index is 0.129. The largest absolute Gasteiger partial charge is 0.376 e. The second-order valence-electron chi connectivity index (χ2n) is 8.31. The Hall–Kier alpha value is -4.11. The fourth-order valence-corrected chi connectivity index (χ4v) is 3.99. The van der Waals surface area contributed by atoms with E-state index in [1.165, 1.54) is 11.4 Å². The number of amides is 1. The van der Waals surface area contributed by atoms with Gasteiger partial charge in [0.1, 0.15) is 6.34 Å². The van der Waals surface area contributed by atoms with Crippen LogP contribution in [0.25, 0.3) is 0 Å². The van der Waals surface area contributed by atoms with Crippen LogP contribution in [0.5, 0.6) is 5.75 Å². The van der Waals surface area contributed by atoms with E-state index in [2.05, 4.69) is 25.8 Å². The van der Waals surface area contributed by atoms with Crippen LogP contribution in [0.15, 0.2) is 72.0 Å². The zero-order chi connectivity index (χ0) is 23.7. The first-order valence-electron chi connectivity index (χ1n) is 11.0. The Balaban J connectivity index is 1.27. The highest BCUT2D eigenvalue weighted by molar-refractivity contribution is 5.83. The highest BCUT2D eigenvalue weighted by atomic mass is 16.7. The molecule has 1 fully saturated rings. The standard InChI is InChI=1S/C25H26N6O3/c1-28-12-13-30(16-24(28)32)20-5-3-4-19(14-20)29(2)18-6-8-21(9-7-18)34-31-17-27-23-15-26-11-10-22(23)25(31)33/h3-11,14-15,17,25,33H,12-13,16H2,1-2H3. The van der Waals surface area contributed by atoms with E-state index in [1.54, 1.807) is 23.4 Å². The minimum atomic E-state index is -0.970. The van der Waals surface area contributed by atoms with Gasteiger partial charge in [-0.1, -0.05) is 6.07 Å². The van der Waals surface area contributed by atoms with Gasteiger partial charge in [-0.2, -0.15) is 5.06 Å². The molecule has 174 valence electrons. The van der Waals surface area contributed by atoms with Gasteiger partial charge in [-0.3, -0.25) is 9.78 Å². The molecule has 0 radical (unpaired) electrons. The molecule has 0 saturated carbocycles. The molecule has 1 aromatic heterocycles. The number of aliphatic imine (C=N–C) groups is 1. The van der Waals surface area contributed by atoms with Crippen LogP contribution < -0.4 is 14.6 Å². The number of benzene rings is 2. The van der Waals surface area contributed by atoms with Crippen molar-refractivity contribution < 1.29 is 14.7 Å². The van der Waals surface area contributed by atoms with Crippen molar-refractivity contribution in [3.8, 4) is 5.75 Å². The second kappa shape index (κ2) is 9.03. The van der Waals surface area contributed by atoms with Crippen molar-refractivity contribution in [1.82, 2.24) is 14.9 Å². The predicted molar refractivity (Wildman–Crippen MR) is 131 cm³/mol. The number of nitrogens with zero attached hydrogens (tertiary/aromatic N) is 6. The van der Waals surface area contributed by atoms with E-state index < -0.39 is 6.23 Å². The van der Waals surface area contributed by atoms with Crippen LogP contribution in [0.3, 0.4) is 0 Å². The third kappa shape index (κ3) is 4.25. The monoisotopic (exact) mass is 458 g/mol. The van der Waals surface area contributed by atoms with E-state index in [-0.39, 0.29) is 5.91 Å². The molecular formula is C25H26N6O3. The molecule has 5 rings (SSSR count). The van der Waals surface area contributed by atoms with E-state index >= 15 is 0 Å². The Morgan fingerprint density at radius 3 is 2.71 bits per heavy atom. The van der Waals surface area contributed by atoms with Crippen molar-refractivity contribution in [2.75, 3.05) is 43.5 Å². The SMILES string of the molecule is CN1CCN(c2cccc(N(C)c3ccc(ON4C=Nc5cnccc5C4O)cc3)c2)CC1=O. The summed E-state index contributed by atoms with van der Waals surface area (Å²) in [5.74, 6) is 0.703. The molecule has 2 aliphatic heterocycles. The average Bonchev–Trinajstić information content (AvgIpc) is 2.87. The number of hydrogen-bond donors (Lipinski definition) is 1. The van der Waals surface area contributed by atoms with Gasteiger partial charge >= 0.3 is 0 Å². The van der Waals surface area contributed by atoms with Gasteiger partial charge in [0, 0.05) is 56.0 Å². The lowest BCUT2D eigenvalue weighted by Gasteiger charge is -2.34. The van der Waals surface area contributed by atoms with E-state index in [0.717, 1.165) is 30.2 Å². The molecule has 1 saturated heterocycles. The molecule has 2 aromatic carbocycles. The Bertz CT molecular complexity index is 1220. The summed E-state index contributed by atoms with van der Waals surface area (Å²) >= 11 is 0. The van der Waals surface area contributed by atoms with Crippen LogP contribution in [-0.4, -0.2) is 66.0 Å². The number of hydrogen-bond acceptors (Lipinski definition) is 8. The summed E-state index contributed by atoms with van der Waals surface area (Å²) in [6.07, 6.45) is 3.70. The number of aromatic nitrogens is 1. The number of fused-ring (bicyclic) bond motifs is 1. The van der Waals surface area contributed by atoms with Gasteiger partial charge < -0.3 is 24.6 Å². The maximum absolute atomic E-state index is 12.1. The van der Waals surface area contributed by atoms with Crippen molar-refractivity contribution in [1.29, 1.82) is 0 Å². The summed E-state index contributed by atoms with van der Waals surface area (Å²) in [4.78, 5) is 32.2. The first-order valence-corrected chi connectivity index (χ1v) is 11.0. The molecular weight excluding hydrogens is 432 g/mol. The van der Waals surface area contributed by atoms with E-state index in [9.17, 15) is 9.90 Å². The zero-order valence-electron chi connectivity index (χ0n) is 19.1. The molecule has 9 nitrogen and oxygen atoms in total. The van der Waals surface area contributed by atoms with Crippen LogP contribution in [0.2, 0.25) is 0 Å². The molecule has 1 atom stereocenters. The van der Waals surface area contributed by atoms with Crippen LogP contribution >= 0.6 is 0 Å². The summed E-state index contributed by atoms with van der Waals surface area (Å²) < 4.78 is 0. The number of aliphatic hydroxyl groups excluding tert-OH is 1. The smallest absolute Gasteiger partial charge is 0.241 e. The van der Waals surface area contributed by atoms with Crippen LogP contribution in [0.4, 0.5) is 22.7 Å². The second-order valence-corrected chi connectivity index (χ2v) is 8.31. The molecule has 0 spiro atoms. The molecule has 0 aliphatic carbocycles. The Kier molecular flexibility index (Phi) is 5.77. The number of rotatable bonds is 5. The number of pyridine rings is 1. The van der Waals surface area contributed by atoms with Gasteiger partial charge in [-0.05, 0) is 48.5 Å². The first kappa shape index (κ1) is 21.7. The van der Waals surface area contributed by atoms with Gasteiger partial charge in [-0.25, -0.2) is 4.99 Å². The topological polar surface area (TPSA) is 84.7 Å². The number of anilines is 3. The van der Waals surface area contributed by atoms with Crippen LogP contribution in [0, 0.1) is 0 Å². The molecule has 1 N–H and O–H groups in total. The summed E-state index contributed by atoms with van der Waals surface area (Å²) in [6, 6.07) is 17.5. The molecule has 9 heteroatoms. The van der Waals surface area contributed by atoms with Crippen molar-refractivity contribution in [3.63, 3.8) is 0 Å². The molecule has 1 amide bonds. The highest BCUT2D eigenvalue weighted by Crippen LogP contribution is 2.32. The Morgan fingerprint density at radius 1 is 1.09 bits per heavy atom. The van der Waals surface area contributed by atoms with Gasteiger partial charge in [-0.15, -0.1) is 0 Å². The fourth-order valence-electron chi connectivity index (χ4n) is 3.99.